The van der Waals surface area contributed by atoms with Crippen LogP contribution in [0, 0.1) is 5.82 Å². The standard InChI is InChI=1S/C25H27FN4O6/c26-16-1-2-19-20(11-16)29(24(32)13-21(19)31)8-7-28-5-3-18(4-6-28)30(25(33)34)15-17-12-22-23(14-27-17)36-10-9-35-22/h1-2,11-14,18,31H,3-10,15H2,(H,33,34). The van der Waals surface area contributed by atoms with Gasteiger partial charge in [0.05, 0.1) is 24.0 Å². The van der Waals surface area contributed by atoms with Gasteiger partial charge in [-0.25, -0.2) is 9.18 Å². The van der Waals surface area contributed by atoms with Crippen molar-refractivity contribution in [1.82, 2.24) is 19.4 Å². The molecule has 2 aromatic heterocycles. The number of fused-ring (bicyclic) bond motifs is 2. The van der Waals surface area contributed by atoms with E-state index in [9.17, 15) is 24.2 Å². The molecule has 1 saturated heterocycles. The Balaban J connectivity index is 1.22. The molecule has 1 fully saturated rings. The molecular weight excluding hydrogens is 471 g/mol. The van der Waals surface area contributed by atoms with Crippen molar-refractivity contribution in [3.8, 4) is 17.2 Å². The number of benzene rings is 1. The van der Waals surface area contributed by atoms with E-state index in [1.807, 2.05) is 0 Å². The zero-order valence-corrected chi connectivity index (χ0v) is 19.6. The Kier molecular flexibility index (Phi) is 6.64. The summed E-state index contributed by atoms with van der Waals surface area (Å²) < 4.78 is 26.3. The number of hydrogen-bond acceptors (Lipinski definition) is 7. The van der Waals surface area contributed by atoms with Gasteiger partial charge in [0.2, 0.25) is 0 Å². The van der Waals surface area contributed by atoms with E-state index in [1.54, 1.807) is 12.3 Å². The molecule has 2 N–H and O–H groups in total. The highest BCUT2D eigenvalue weighted by molar-refractivity contribution is 5.85. The van der Waals surface area contributed by atoms with Gasteiger partial charge in [-0.05, 0) is 31.0 Å². The maximum absolute atomic E-state index is 13.8. The molecule has 0 spiro atoms. The summed E-state index contributed by atoms with van der Waals surface area (Å²) in [7, 11) is 0. The number of halogens is 1. The van der Waals surface area contributed by atoms with Gasteiger partial charge < -0.3 is 29.2 Å². The smallest absolute Gasteiger partial charge is 0.407 e. The number of carboxylic acid groups (broad SMARTS) is 1. The predicted octanol–water partition coefficient (Wildman–Crippen LogP) is 2.66. The van der Waals surface area contributed by atoms with E-state index in [0.717, 1.165) is 6.07 Å². The SMILES string of the molecule is O=C(O)N(Cc1cc2c(cn1)OCCO2)C1CCN(CCn2c(=O)cc(O)c3ccc(F)cc32)CC1. The minimum absolute atomic E-state index is 0.150. The molecule has 0 aliphatic carbocycles. The second-order valence-corrected chi connectivity index (χ2v) is 8.98. The van der Waals surface area contributed by atoms with Crippen molar-refractivity contribution in [2.24, 2.45) is 0 Å². The van der Waals surface area contributed by atoms with Crippen molar-refractivity contribution >= 4 is 17.0 Å². The average Bonchev–Trinajstić information content (AvgIpc) is 2.87. The number of nitrogens with zero attached hydrogens (tertiary/aromatic N) is 4. The largest absolute Gasteiger partial charge is 0.507 e. The number of aromatic hydroxyl groups is 1. The Labute approximate surface area is 206 Å². The van der Waals surface area contributed by atoms with Crippen LogP contribution >= 0.6 is 0 Å². The lowest BCUT2D eigenvalue weighted by Crippen LogP contribution is -2.47. The first kappa shape index (κ1) is 23.9. The first-order valence-electron chi connectivity index (χ1n) is 11.9. The molecule has 2 aliphatic rings. The fourth-order valence-electron chi connectivity index (χ4n) is 4.87. The molecule has 190 valence electrons. The van der Waals surface area contributed by atoms with E-state index in [-0.39, 0.29) is 18.3 Å². The van der Waals surface area contributed by atoms with Crippen LogP contribution in [0.3, 0.4) is 0 Å². The summed E-state index contributed by atoms with van der Waals surface area (Å²) >= 11 is 0. The molecule has 10 nitrogen and oxygen atoms in total. The fraction of sp³-hybridized carbons (Fsp3) is 0.400. The second-order valence-electron chi connectivity index (χ2n) is 8.98. The molecule has 5 rings (SSSR count). The van der Waals surface area contributed by atoms with Crippen molar-refractivity contribution in [3.63, 3.8) is 0 Å². The van der Waals surface area contributed by atoms with Crippen LogP contribution in [0.25, 0.3) is 10.9 Å². The van der Waals surface area contributed by atoms with Gasteiger partial charge in [0.1, 0.15) is 24.8 Å². The number of hydrogen-bond donors (Lipinski definition) is 2. The number of piperidine rings is 1. The zero-order chi connectivity index (χ0) is 25.2. The molecule has 1 amide bonds. The van der Waals surface area contributed by atoms with Crippen LogP contribution < -0.4 is 15.0 Å². The third kappa shape index (κ3) is 4.92. The van der Waals surface area contributed by atoms with Gasteiger partial charge in [-0.1, -0.05) is 0 Å². The topological polar surface area (TPSA) is 117 Å². The maximum atomic E-state index is 13.8. The summed E-state index contributed by atoms with van der Waals surface area (Å²) in [6.45, 7) is 3.23. The normalized spacial score (nSPS) is 16.2. The Morgan fingerprint density at radius 2 is 1.86 bits per heavy atom. The van der Waals surface area contributed by atoms with Gasteiger partial charge in [-0.3, -0.25) is 14.7 Å². The molecule has 11 heteroatoms. The van der Waals surface area contributed by atoms with E-state index >= 15 is 0 Å². The molecule has 0 unspecified atom stereocenters. The first-order valence-corrected chi connectivity index (χ1v) is 11.9. The van der Waals surface area contributed by atoms with Gasteiger partial charge in [0.15, 0.2) is 11.5 Å². The van der Waals surface area contributed by atoms with Gasteiger partial charge in [0.25, 0.3) is 5.56 Å². The Bertz CT molecular complexity index is 1340. The fourth-order valence-corrected chi connectivity index (χ4v) is 4.87. The highest BCUT2D eigenvalue weighted by atomic mass is 19.1. The highest BCUT2D eigenvalue weighted by Gasteiger charge is 2.29. The lowest BCUT2D eigenvalue weighted by Gasteiger charge is -2.37. The van der Waals surface area contributed by atoms with E-state index in [0.29, 0.717) is 80.3 Å². The van der Waals surface area contributed by atoms with E-state index in [2.05, 4.69) is 9.88 Å². The number of pyridine rings is 2. The van der Waals surface area contributed by atoms with Crippen molar-refractivity contribution in [2.45, 2.75) is 32.0 Å². The second kappa shape index (κ2) is 10.0. The molecule has 4 heterocycles. The molecule has 0 bridgehead atoms. The van der Waals surface area contributed by atoms with Crippen LogP contribution in [0.15, 0.2) is 41.3 Å². The van der Waals surface area contributed by atoms with Crippen LogP contribution in [0.2, 0.25) is 0 Å². The lowest BCUT2D eigenvalue weighted by atomic mass is 10.0. The number of amides is 1. The summed E-state index contributed by atoms with van der Waals surface area (Å²) in [4.78, 5) is 32.4. The Morgan fingerprint density at radius 3 is 2.61 bits per heavy atom. The number of aromatic nitrogens is 2. The number of rotatable bonds is 6. The maximum Gasteiger partial charge on any atom is 0.407 e. The van der Waals surface area contributed by atoms with Crippen molar-refractivity contribution in [1.29, 1.82) is 0 Å². The van der Waals surface area contributed by atoms with Crippen LogP contribution in [0.5, 0.6) is 17.2 Å². The van der Waals surface area contributed by atoms with Crippen LogP contribution in [-0.2, 0) is 13.1 Å². The lowest BCUT2D eigenvalue weighted by molar-refractivity contribution is 0.0848. The molecule has 1 aromatic carbocycles. The molecule has 0 saturated carbocycles. The molecule has 0 atom stereocenters. The number of ether oxygens (including phenoxy) is 2. The Morgan fingerprint density at radius 1 is 1.11 bits per heavy atom. The van der Waals surface area contributed by atoms with E-state index in [4.69, 9.17) is 9.47 Å². The van der Waals surface area contributed by atoms with Crippen molar-refractivity contribution in [2.75, 3.05) is 32.8 Å². The van der Waals surface area contributed by atoms with Crippen LogP contribution in [0.4, 0.5) is 9.18 Å². The van der Waals surface area contributed by atoms with Crippen molar-refractivity contribution in [3.05, 3.63) is 58.4 Å². The van der Waals surface area contributed by atoms with Gasteiger partial charge in [-0.2, -0.15) is 0 Å². The number of likely N-dealkylation sites (tertiary alicyclic amines) is 1. The predicted molar refractivity (Wildman–Crippen MR) is 128 cm³/mol. The molecule has 3 aromatic rings. The summed E-state index contributed by atoms with van der Waals surface area (Å²) in [5, 5.41) is 20.3. The monoisotopic (exact) mass is 498 g/mol. The first-order chi connectivity index (χ1) is 17.4. The summed E-state index contributed by atoms with van der Waals surface area (Å²) in [5.41, 5.74) is 0.540. The summed E-state index contributed by atoms with van der Waals surface area (Å²) in [6.07, 6.45) is 1.83. The highest BCUT2D eigenvalue weighted by Crippen LogP contribution is 2.30. The quantitative estimate of drug-likeness (QED) is 0.533. The molecule has 0 radical (unpaired) electrons. The third-order valence-electron chi connectivity index (χ3n) is 6.76. The van der Waals surface area contributed by atoms with E-state index < -0.39 is 17.5 Å². The summed E-state index contributed by atoms with van der Waals surface area (Å²) in [5.74, 6) is 0.475. The third-order valence-corrected chi connectivity index (χ3v) is 6.76. The summed E-state index contributed by atoms with van der Waals surface area (Å²) in [6, 6.07) is 6.65. The van der Waals surface area contributed by atoms with Crippen LogP contribution in [-0.4, -0.2) is 74.5 Å². The molecular formula is C25H27FN4O6. The average molecular weight is 499 g/mol. The molecule has 2 aliphatic heterocycles. The van der Waals surface area contributed by atoms with Crippen molar-refractivity contribution < 1.29 is 28.9 Å². The van der Waals surface area contributed by atoms with Gasteiger partial charge in [-0.15, -0.1) is 0 Å². The van der Waals surface area contributed by atoms with Gasteiger partial charge in [0, 0.05) is 49.7 Å². The minimum Gasteiger partial charge on any atom is -0.507 e. The molecule has 36 heavy (non-hydrogen) atoms. The van der Waals surface area contributed by atoms with E-state index in [1.165, 1.54) is 27.7 Å². The Hall–Kier alpha value is -3.86. The zero-order valence-electron chi connectivity index (χ0n) is 19.6. The number of carbonyl (C=O) groups is 1. The minimum atomic E-state index is -1.01. The van der Waals surface area contributed by atoms with Crippen LogP contribution in [0.1, 0.15) is 18.5 Å². The van der Waals surface area contributed by atoms with Gasteiger partial charge >= 0.3 is 6.09 Å².